The average Bonchev–Trinajstić information content (AvgIpc) is 3.31. The Hall–Kier alpha value is -5.40. The van der Waals surface area contributed by atoms with Gasteiger partial charge in [-0.3, -0.25) is 0 Å². The van der Waals surface area contributed by atoms with E-state index in [4.69, 9.17) is 0 Å². The molecule has 1 aliphatic carbocycles. The van der Waals surface area contributed by atoms with Gasteiger partial charge in [-0.25, -0.2) is 0 Å². The first-order chi connectivity index (χ1) is 21.6. The van der Waals surface area contributed by atoms with Crippen molar-refractivity contribution in [2.45, 2.75) is 19.3 Å². The summed E-state index contributed by atoms with van der Waals surface area (Å²) in [5.74, 6) is 0. The van der Waals surface area contributed by atoms with Crippen LogP contribution in [0.2, 0.25) is 0 Å². The minimum absolute atomic E-state index is 0.00471. The third-order valence-corrected chi connectivity index (χ3v) is 9.28. The second-order valence-corrected chi connectivity index (χ2v) is 12.3. The maximum atomic E-state index is 3.60. The molecule has 0 spiro atoms. The zero-order valence-electron chi connectivity index (χ0n) is 25.0. The molecule has 1 nitrogen and oxygen atoms in total. The van der Waals surface area contributed by atoms with Crippen LogP contribution in [0.5, 0.6) is 0 Å². The Kier molecular flexibility index (Phi) is 6.20. The number of nitrogens with one attached hydrogen (secondary N) is 1. The van der Waals surface area contributed by atoms with Gasteiger partial charge < -0.3 is 5.32 Å². The van der Waals surface area contributed by atoms with Crippen LogP contribution in [0.25, 0.3) is 55.3 Å². The van der Waals surface area contributed by atoms with Gasteiger partial charge in [0.05, 0.1) is 0 Å². The second-order valence-electron chi connectivity index (χ2n) is 12.3. The molecule has 1 heteroatoms. The van der Waals surface area contributed by atoms with Crippen LogP contribution in [0.4, 0.5) is 11.4 Å². The van der Waals surface area contributed by atoms with Gasteiger partial charge in [0.25, 0.3) is 0 Å². The van der Waals surface area contributed by atoms with Crippen LogP contribution in [0.15, 0.2) is 158 Å². The minimum Gasteiger partial charge on any atom is -0.356 e. The summed E-state index contributed by atoms with van der Waals surface area (Å²) in [5.41, 5.74) is 15.1. The van der Waals surface area contributed by atoms with Gasteiger partial charge in [-0.1, -0.05) is 141 Å². The highest BCUT2D eigenvalue weighted by atomic mass is 14.9. The van der Waals surface area contributed by atoms with E-state index in [1.165, 1.54) is 66.4 Å². The monoisotopic (exact) mass is 563 g/mol. The quantitative estimate of drug-likeness (QED) is 0.220. The minimum atomic E-state index is 0.00471. The Bertz CT molecular complexity index is 2130. The Morgan fingerprint density at radius 3 is 1.59 bits per heavy atom. The summed E-state index contributed by atoms with van der Waals surface area (Å²) in [7, 11) is 0. The first kappa shape index (κ1) is 26.2. The van der Waals surface area contributed by atoms with Crippen molar-refractivity contribution in [2.24, 2.45) is 0 Å². The lowest BCUT2D eigenvalue weighted by Crippen LogP contribution is -2.14. The van der Waals surface area contributed by atoms with Crippen molar-refractivity contribution in [1.82, 2.24) is 0 Å². The Labute approximate surface area is 259 Å². The molecule has 44 heavy (non-hydrogen) atoms. The van der Waals surface area contributed by atoms with Gasteiger partial charge in [-0.05, 0) is 96.7 Å². The van der Waals surface area contributed by atoms with Crippen LogP contribution >= 0.6 is 0 Å². The zero-order valence-corrected chi connectivity index (χ0v) is 25.0. The van der Waals surface area contributed by atoms with Crippen molar-refractivity contribution < 1.29 is 0 Å². The molecule has 0 atom stereocenters. The van der Waals surface area contributed by atoms with Crippen molar-refractivity contribution >= 4 is 22.1 Å². The fraction of sp³-hybridized carbons (Fsp3) is 0.0698. The normalized spacial score (nSPS) is 13.0. The standard InChI is InChI=1S/C43H33N/c1-43(2)40-17-7-6-14-38(40)39-27-22-33(28-41(39)43)29-18-23-34(24-19-29)44-35-25-20-31(21-26-35)37-16-9-13-32-12-8-15-36(42(32)37)30-10-4-3-5-11-30/h3-28,44H,1-2H3. The molecule has 0 fully saturated rings. The van der Waals surface area contributed by atoms with Crippen LogP contribution in [0, 0.1) is 0 Å². The van der Waals surface area contributed by atoms with Gasteiger partial charge in [-0.2, -0.15) is 0 Å². The fourth-order valence-electron chi connectivity index (χ4n) is 6.97. The Balaban J connectivity index is 1.05. The predicted molar refractivity (Wildman–Crippen MR) is 188 cm³/mol. The largest absolute Gasteiger partial charge is 0.356 e. The van der Waals surface area contributed by atoms with E-state index < -0.39 is 0 Å². The first-order valence-electron chi connectivity index (χ1n) is 15.4. The molecular weight excluding hydrogens is 530 g/mol. The predicted octanol–water partition coefficient (Wildman–Crippen LogP) is 11.9. The molecule has 0 aromatic heterocycles. The molecule has 0 heterocycles. The van der Waals surface area contributed by atoms with Gasteiger partial charge in [0.1, 0.15) is 0 Å². The zero-order chi connectivity index (χ0) is 29.7. The van der Waals surface area contributed by atoms with Crippen molar-refractivity contribution in [1.29, 1.82) is 0 Å². The molecule has 210 valence electrons. The topological polar surface area (TPSA) is 12.0 Å². The summed E-state index contributed by atoms with van der Waals surface area (Å²) in [5, 5.41) is 6.14. The third-order valence-electron chi connectivity index (χ3n) is 9.28. The Morgan fingerprint density at radius 1 is 0.386 bits per heavy atom. The summed E-state index contributed by atoms with van der Waals surface area (Å²) in [6.07, 6.45) is 0. The van der Waals surface area contributed by atoms with Crippen molar-refractivity contribution in [3.63, 3.8) is 0 Å². The first-order valence-corrected chi connectivity index (χ1v) is 15.4. The highest BCUT2D eigenvalue weighted by molar-refractivity contribution is 6.06. The number of benzene rings is 7. The van der Waals surface area contributed by atoms with Gasteiger partial charge in [-0.15, -0.1) is 0 Å². The van der Waals surface area contributed by atoms with E-state index in [-0.39, 0.29) is 5.41 Å². The molecule has 0 saturated carbocycles. The summed E-state index contributed by atoms with van der Waals surface area (Å²) < 4.78 is 0. The van der Waals surface area contributed by atoms with E-state index in [1.807, 2.05) is 0 Å². The van der Waals surface area contributed by atoms with Crippen LogP contribution in [0.1, 0.15) is 25.0 Å². The highest BCUT2D eigenvalue weighted by Gasteiger charge is 2.35. The van der Waals surface area contributed by atoms with Crippen LogP contribution in [-0.4, -0.2) is 0 Å². The molecule has 8 rings (SSSR count). The van der Waals surface area contributed by atoms with E-state index in [2.05, 4.69) is 177 Å². The van der Waals surface area contributed by atoms with E-state index in [0.29, 0.717) is 0 Å². The molecule has 0 saturated heterocycles. The van der Waals surface area contributed by atoms with Crippen LogP contribution < -0.4 is 5.32 Å². The number of hydrogen-bond acceptors (Lipinski definition) is 1. The van der Waals surface area contributed by atoms with E-state index in [9.17, 15) is 0 Å². The van der Waals surface area contributed by atoms with E-state index >= 15 is 0 Å². The van der Waals surface area contributed by atoms with E-state index in [1.54, 1.807) is 0 Å². The third kappa shape index (κ3) is 4.41. The maximum Gasteiger partial charge on any atom is 0.0384 e. The molecular formula is C43H33N. The summed E-state index contributed by atoms with van der Waals surface area (Å²) >= 11 is 0. The molecule has 1 aliphatic rings. The molecule has 0 aliphatic heterocycles. The van der Waals surface area contributed by atoms with Gasteiger partial charge in [0.15, 0.2) is 0 Å². The number of fused-ring (bicyclic) bond motifs is 4. The fourth-order valence-corrected chi connectivity index (χ4v) is 6.97. The SMILES string of the molecule is CC1(C)c2ccccc2-c2ccc(-c3ccc(Nc4ccc(-c5cccc6cccc(-c7ccccc7)c56)cc4)cc3)cc21. The molecule has 7 aromatic rings. The van der Waals surface area contributed by atoms with Crippen LogP contribution in [-0.2, 0) is 5.41 Å². The molecule has 0 unspecified atom stereocenters. The lowest BCUT2D eigenvalue weighted by Gasteiger charge is -2.22. The van der Waals surface area contributed by atoms with Crippen LogP contribution in [0.3, 0.4) is 0 Å². The summed E-state index contributed by atoms with van der Waals surface area (Å²) in [6, 6.07) is 57.1. The van der Waals surface area contributed by atoms with Gasteiger partial charge in [0, 0.05) is 16.8 Å². The Morgan fingerprint density at radius 2 is 0.909 bits per heavy atom. The average molecular weight is 564 g/mol. The number of hydrogen-bond donors (Lipinski definition) is 1. The lowest BCUT2D eigenvalue weighted by atomic mass is 9.81. The highest BCUT2D eigenvalue weighted by Crippen LogP contribution is 2.49. The number of rotatable bonds is 5. The molecule has 0 amide bonds. The molecule has 1 N–H and O–H groups in total. The summed E-state index contributed by atoms with van der Waals surface area (Å²) in [6.45, 7) is 4.67. The lowest BCUT2D eigenvalue weighted by molar-refractivity contribution is 0.660. The van der Waals surface area contributed by atoms with Crippen molar-refractivity contribution in [3.05, 3.63) is 169 Å². The smallest absolute Gasteiger partial charge is 0.0384 e. The molecule has 0 bridgehead atoms. The number of anilines is 2. The molecule has 7 aromatic carbocycles. The van der Waals surface area contributed by atoms with E-state index in [0.717, 1.165) is 11.4 Å². The maximum absolute atomic E-state index is 3.60. The van der Waals surface area contributed by atoms with Crippen molar-refractivity contribution in [3.8, 4) is 44.5 Å². The molecule has 0 radical (unpaired) electrons. The van der Waals surface area contributed by atoms with Gasteiger partial charge >= 0.3 is 0 Å². The van der Waals surface area contributed by atoms with Gasteiger partial charge in [0.2, 0.25) is 0 Å². The second kappa shape index (κ2) is 10.4. The van der Waals surface area contributed by atoms with Crippen molar-refractivity contribution in [2.75, 3.05) is 5.32 Å². The summed E-state index contributed by atoms with van der Waals surface area (Å²) in [4.78, 5) is 0.